The van der Waals surface area contributed by atoms with Crippen LogP contribution in [0.5, 0.6) is 0 Å². The van der Waals surface area contributed by atoms with Gasteiger partial charge < -0.3 is 20.3 Å². The molecule has 0 heterocycles. The number of aliphatic hydroxyl groups is 2. The fourth-order valence-corrected chi connectivity index (χ4v) is 8.81. The molecule has 0 rings (SSSR count). The second-order valence-corrected chi connectivity index (χ2v) is 19.6. The van der Waals surface area contributed by atoms with Crippen molar-refractivity contribution in [3.63, 3.8) is 0 Å². The maximum Gasteiger partial charge on any atom is 0.305 e. The summed E-state index contributed by atoms with van der Waals surface area (Å²) in [4.78, 5) is 24.5. The number of ether oxygens (including phenoxy) is 1. The van der Waals surface area contributed by atoms with Gasteiger partial charge in [-0.2, -0.15) is 0 Å². The Morgan fingerprint density at radius 1 is 0.422 bits per heavy atom. The Morgan fingerprint density at radius 3 is 1.11 bits per heavy atom. The number of allylic oxidation sites excluding steroid dienone is 3. The lowest BCUT2D eigenvalue weighted by Crippen LogP contribution is -2.45. The zero-order valence-electron chi connectivity index (χ0n) is 43.0. The maximum atomic E-state index is 12.4. The molecule has 64 heavy (non-hydrogen) atoms. The summed E-state index contributed by atoms with van der Waals surface area (Å²) in [6, 6.07) is -0.627. The number of nitrogens with one attached hydrogen (secondary N) is 1. The minimum absolute atomic E-state index is 0.00275. The third-order valence-corrected chi connectivity index (χ3v) is 13.2. The largest absolute Gasteiger partial charge is 0.466 e. The van der Waals surface area contributed by atoms with E-state index in [1.165, 1.54) is 238 Å². The molecule has 0 aliphatic carbocycles. The van der Waals surface area contributed by atoms with Crippen LogP contribution < -0.4 is 5.32 Å². The molecule has 0 aromatic rings. The lowest BCUT2D eigenvalue weighted by molar-refractivity contribution is -0.143. The Labute approximate surface area is 399 Å². The van der Waals surface area contributed by atoms with Crippen LogP contribution >= 0.6 is 0 Å². The molecule has 0 aromatic carbocycles. The summed E-state index contributed by atoms with van der Waals surface area (Å²) >= 11 is 0. The Balaban J connectivity index is 3.39. The molecule has 0 aliphatic rings. The summed E-state index contributed by atoms with van der Waals surface area (Å²) < 4.78 is 5.47. The van der Waals surface area contributed by atoms with Crippen LogP contribution in [0, 0.1) is 0 Å². The third kappa shape index (κ3) is 49.8. The highest BCUT2D eigenvalue weighted by atomic mass is 16.5. The Kier molecular flexibility index (Phi) is 52.6. The van der Waals surface area contributed by atoms with Gasteiger partial charge in [-0.25, -0.2) is 0 Å². The van der Waals surface area contributed by atoms with E-state index >= 15 is 0 Å². The van der Waals surface area contributed by atoms with Gasteiger partial charge in [-0.1, -0.05) is 263 Å². The predicted octanol–water partition coefficient (Wildman–Crippen LogP) is 17.5. The number of hydrogen-bond donors (Lipinski definition) is 3. The van der Waals surface area contributed by atoms with E-state index in [9.17, 15) is 19.8 Å². The molecule has 1 amide bonds. The normalized spacial score (nSPS) is 12.8. The minimum atomic E-state index is -0.843. The zero-order valence-corrected chi connectivity index (χ0v) is 43.0. The summed E-state index contributed by atoms with van der Waals surface area (Å²) in [6.07, 6.45) is 64.9. The van der Waals surface area contributed by atoms with Crippen LogP contribution in [0.1, 0.15) is 309 Å². The molecule has 0 aliphatic heterocycles. The van der Waals surface area contributed by atoms with E-state index in [2.05, 4.69) is 31.3 Å². The topological polar surface area (TPSA) is 95.9 Å². The van der Waals surface area contributed by atoms with Gasteiger partial charge in [-0.3, -0.25) is 9.59 Å². The number of esters is 1. The maximum absolute atomic E-state index is 12.4. The summed E-state index contributed by atoms with van der Waals surface area (Å²) in [5.41, 5.74) is 0. The van der Waals surface area contributed by atoms with Crippen LogP contribution in [0.2, 0.25) is 0 Å². The van der Waals surface area contributed by atoms with E-state index in [1.807, 2.05) is 6.08 Å². The van der Waals surface area contributed by atoms with E-state index in [-0.39, 0.29) is 18.5 Å². The van der Waals surface area contributed by atoms with Gasteiger partial charge >= 0.3 is 5.97 Å². The average Bonchev–Trinajstić information content (AvgIpc) is 3.29. The van der Waals surface area contributed by atoms with Crippen LogP contribution in [0.3, 0.4) is 0 Å². The van der Waals surface area contributed by atoms with Gasteiger partial charge in [0.2, 0.25) is 5.91 Å². The molecule has 2 unspecified atom stereocenters. The molecule has 0 saturated carbocycles. The molecule has 0 radical (unpaired) electrons. The van der Waals surface area contributed by atoms with E-state index in [0.29, 0.717) is 19.4 Å². The highest BCUT2D eigenvalue weighted by molar-refractivity contribution is 5.76. The van der Waals surface area contributed by atoms with Crippen molar-refractivity contribution in [1.82, 2.24) is 5.32 Å². The van der Waals surface area contributed by atoms with E-state index < -0.39 is 12.1 Å². The first-order valence-electron chi connectivity index (χ1n) is 28.6. The monoisotopic (exact) mass is 902 g/mol. The molecule has 378 valence electrons. The molecular weight excluding hydrogens is 791 g/mol. The first-order valence-corrected chi connectivity index (χ1v) is 28.6. The molecule has 2 atom stereocenters. The summed E-state index contributed by atoms with van der Waals surface area (Å²) in [7, 11) is 0. The number of unbranched alkanes of at least 4 members (excludes halogenated alkanes) is 40. The second-order valence-electron chi connectivity index (χ2n) is 19.6. The van der Waals surface area contributed by atoms with Crippen LogP contribution in [0.15, 0.2) is 24.3 Å². The van der Waals surface area contributed by atoms with E-state index in [0.717, 1.165) is 44.9 Å². The molecule has 0 spiro atoms. The molecule has 6 heteroatoms. The smallest absolute Gasteiger partial charge is 0.305 e. The Bertz CT molecular complexity index is 997. The molecule has 0 fully saturated rings. The van der Waals surface area contributed by atoms with Gasteiger partial charge in [0.1, 0.15) is 0 Å². The first-order chi connectivity index (χ1) is 31.5. The van der Waals surface area contributed by atoms with Crippen molar-refractivity contribution < 1.29 is 24.5 Å². The summed E-state index contributed by atoms with van der Waals surface area (Å²) in [6.45, 7) is 4.89. The Morgan fingerprint density at radius 2 is 0.734 bits per heavy atom. The average molecular weight is 903 g/mol. The molecule has 3 N–H and O–H groups in total. The van der Waals surface area contributed by atoms with Gasteiger partial charge in [0.05, 0.1) is 25.4 Å². The van der Waals surface area contributed by atoms with Crippen molar-refractivity contribution in [3.8, 4) is 0 Å². The van der Waals surface area contributed by atoms with Gasteiger partial charge in [0.25, 0.3) is 0 Å². The fraction of sp³-hybridized carbons (Fsp3) is 0.897. The van der Waals surface area contributed by atoms with Crippen molar-refractivity contribution in [1.29, 1.82) is 0 Å². The van der Waals surface area contributed by atoms with Crippen LogP contribution in [-0.4, -0.2) is 47.4 Å². The molecular formula is C58H111NO5. The van der Waals surface area contributed by atoms with Gasteiger partial charge in [-0.05, 0) is 57.8 Å². The third-order valence-electron chi connectivity index (χ3n) is 13.2. The van der Waals surface area contributed by atoms with E-state index in [4.69, 9.17) is 4.74 Å². The second kappa shape index (κ2) is 54.0. The van der Waals surface area contributed by atoms with Gasteiger partial charge in [0.15, 0.2) is 0 Å². The number of amides is 1. The van der Waals surface area contributed by atoms with Crippen molar-refractivity contribution in [2.24, 2.45) is 0 Å². The number of carbonyl (C=O) groups excluding carboxylic acids is 2. The number of hydrogen-bond acceptors (Lipinski definition) is 5. The Hall–Kier alpha value is -1.66. The molecule has 6 nitrogen and oxygen atoms in total. The van der Waals surface area contributed by atoms with Crippen molar-refractivity contribution in [2.45, 2.75) is 321 Å². The van der Waals surface area contributed by atoms with Crippen molar-refractivity contribution in [3.05, 3.63) is 24.3 Å². The van der Waals surface area contributed by atoms with E-state index in [1.54, 1.807) is 6.08 Å². The highest BCUT2D eigenvalue weighted by Gasteiger charge is 2.18. The predicted molar refractivity (Wildman–Crippen MR) is 278 cm³/mol. The minimum Gasteiger partial charge on any atom is -0.466 e. The van der Waals surface area contributed by atoms with Crippen LogP contribution in [0.25, 0.3) is 0 Å². The summed E-state index contributed by atoms with van der Waals surface area (Å²) in [5.74, 6) is -0.0665. The number of rotatable bonds is 53. The van der Waals surface area contributed by atoms with Gasteiger partial charge in [0, 0.05) is 12.8 Å². The fourth-order valence-electron chi connectivity index (χ4n) is 8.81. The molecule has 0 bridgehead atoms. The van der Waals surface area contributed by atoms with Crippen LogP contribution in [0.4, 0.5) is 0 Å². The standard InChI is InChI=1S/C58H111NO5/c1-3-5-7-9-11-13-15-17-28-32-36-40-44-48-52-58(63)64-53-49-45-41-37-33-29-26-24-22-20-18-19-21-23-25-27-31-35-39-43-47-51-57(62)59-55(54-60)56(61)50-46-42-38-34-30-16-14-12-10-8-6-4-2/h15,17,46,50,55-56,60-61H,3-14,16,18-45,47-49,51-54H2,1-2H3,(H,59,62)/b17-15-,50-46+. The number of aliphatic hydroxyl groups excluding tert-OH is 2. The van der Waals surface area contributed by atoms with Crippen molar-refractivity contribution >= 4 is 11.9 Å². The highest BCUT2D eigenvalue weighted by Crippen LogP contribution is 2.17. The summed E-state index contributed by atoms with van der Waals surface area (Å²) in [5, 5.41) is 23.0. The van der Waals surface area contributed by atoms with Crippen LogP contribution in [-0.2, 0) is 14.3 Å². The van der Waals surface area contributed by atoms with Crippen molar-refractivity contribution in [2.75, 3.05) is 13.2 Å². The quantitative estimate of drug-likeness (QED) is 0.0321. The molecule has 0 aromatic heterocycles. The first kappa shape index (κ1) is 62.3. The lowest BCUT2D eigenvalue weighted by atomic mass is 10.0. The number of carbonyl (C=O) groups is 2. The lowest BCUT2D eigenvalue weighted by Gasteiger charge is -2.20. The zero-order chi connectivity index (χ0) is 46.5. The SMILES string of the molecule is CCCCCCC/C=C\CCCCCCCC(=O)OCCCCCCCCCCCCCCCCCCCCCCCC(=O)NC(CO)C(O)/C=C/CCCCCCCCCCCC. The molecule has 0 saturated heterocycles. The van der Waals surface area contributed by atoms with Gasteiger partial charge in [-0.15, -0.1) is 0 Å².